The fourth-order valence-corrected chi connectivity index (χ4v) is 3.01. The van der Waals surface area contributed by atoms with E-state index in [1.54, 1.807) is 6.07 Å². The molecule has 3 rings (SSSR count). The quantitative estimate of drug-likeness (QED) is 0.764. The van der Waals surface area contributed by atoms with Crippen molar-refractivity contribution in [3.63, 3.8) is 0 Å². The molecular weight excluding hydrogens is 230 g/mol. The second-order valence-electron chi connectivity index (χ2n) is 5.29. The zero-order valence-corrected chi connectivity index (χ0v) is 10.7. The number of aryl methyl sites for hydroxylation is 1. The minimum atomic E-state index is -0.343. The van der Waals surface area contributed by atoms with E-state index in [0.717, 1.165) is 31.2 Å². The molecule has 1 aromatic rings. The third-order valence-electron chi connectivity index (χ3n) is 4.01. The van der Waals surface area contributed by atoms with Crippen LogP contribution in [-0.4, -0.2) is 23.6 Å². The summed E-state index contributed by atoms with van der Waals surface area (Å²) < 4.78 is 13.3. The summed E-state index contributed by atoms with van der Waals surface area (Å²) in [5, 5.41) is 0. The van der Waals surface area contributed by atoms with Crippen molar-refractivity contribution in [1.82, 2.24) is 4.57 Å². The SMILES string of the molecule is Cc1ccc(=O)n(C2CCC3(CC2)OCCO3)c1. The lowest BCUT2D eigenvalue weighted by molar-refractivity contribution is -0.181. The normalized spacial score (nSPS) is 23.6. The number of ether oxygens (including phenoxy) is 2. The molecule has 98 valence electrons. The summed E-state index contributed by atoms with van der Waals surface area (Å²) in [6.45, 7) is 3.42. The van der Waals surface area contributed by atoms with Gasteiger partial charge in [0, 0.05) is 31.1 Å². The monoisotopic (exact) mass is 249 g/mol. The molecule has 0 unspecified atom stereocenters. The van der Waals surface area contributed by atoms with Gasteiger partial charge in [0.1, 0.15) is 0 Å². The van der Waals surface area contributed by atoms with E-state index >= 15 is 0 Å². The number of rotatable bonds is 1. The van der Waals surface area contributed by atoms with Crippen LogP contribution in [0.1, 0.15) is 37.3 Å². The van der Waals surface area contributed by atoms with E-state index in [4.69, 9.17) is 9.47 Å². The van der Waals surface area contributed by atoms with Crippen LogP contribution in [0, 0.1) is 6.92 Å². The molecule has 0 aromatic carbocycles. The van der Waals surface area contributed by atoms with E-state index in [0.29, 0.717) is 13.2 Å². The van der Waals surface area contributed by atoms with Gasteiger partial charge in [-0.1, -0.05) is 6.07 Å². The Labute approximate surface area is 107 Å². The molecule has 2 aliphatic rings. The lowest BCUT2D eigenvalue weighted by atomic mass is 9.89. The smallest absolute Gasteiger partial charge is 0.250 e. The van der Waals surface area contributed by atoms with Crippen LogP contribution in [0.2, 0.25) is 0 Å². The van der Waals surface area contributed by atoms with Gasteiger partial charge in [-0.2, -0.15) is 0 Å². The van der Waals surface area contributed by atoms with Crippen LogP contribution in [0.25, 0.3) is 0 Å². The molecule has 0 bridgehead atoms. The summed E-state index contributed by atoms with van der Waals surface area (Å²) in [6.07, 6.45) is 5.63. The van der Waals surface area contributed by atoms with Gasteiger partial charge in [-0.3, -0.25) is 4.79 Å². The van der Waals surface area contributed by atoms with Gasteiger partial charge in [0.05, 0.1) is 13.2 Å². The van der Waals surface area contributed by atoms with Gasteiger partial charge in [0.15, 0.2) is 5.79 Å². The average Bonchev–Trinajstić information content (AvgIpc) is 2.82. The maximum Gasteiger partial charge on any atom is 0.250 e. The molecule has 0 atom stereocenters. The van der Waals surface area contributed by atoms with E-state index in [1.165, 1.54) is 0 Å². The Morgan fingerprint density at radius 2 is 1.89 bits per heavy atom. The average molecular weight is 249 g/mol. The third kappa shape index (κ3) is 2.10. The minimum absolute atomic E-state index is 0.0924. The predicted molar refractivity (Wildman–Crippen MR) is 67.6 cm³/mol. The first kappa shape index (κ1) is 11.9. The highest BCUT2D eigenvalue weighted by atomic mass is 16.7. The van der Waals surface area contributed by atoms with Gasteiger partial charge < -0.3 is 14.0 Å². The zero-order valence-electron chi connectivity index (χ0n) is 10.7. The van der Waals surface area contributed by atoms with Gasteiger partial charge >= 0.3 is 0 Å². The molecule has 1 aromatic heterocycles. The van der Waals surface area contributed by atoms with Crippen molar-refractivity contribution in [2.75, 3.05) is 13.2 Å². The Hall–Kier alpha value is -1.13. The Morgan fingerprint density at radius 1 is 1.22 bits per heavy atom. The first-order valence-electron chi connectivity index (χ1n) is 6.65. The Balaban J connectivity index is 1.76. The minimum Gasteiger partial charge on any atom is -0.348 e. The second-order valence-corrected chi connectivity index (χ2v) is 5.29. The maximum atomic E-state index is 11.9. The number of aromatic nitrogens is 1. The fraction of sp³-hybridized carbons (Fsp3) is 0.643. The lowest BCUT2D eigenvalue weighted by Crippen LogP contribution is -2.37. The zero-order chi connectivity index (χ0) is 12.6. The fourth-order valence-electron chi connectivity index (χ4n) is 3.01. The van der Waals surface area contributed by atoms with Crippen molar-refractivity contribution >= 4 is 0 Å². The van der Waals surface area contributed by atoms with Gasteiger partial charge in [-0.15, -0.1) is 0 Å². The molecule has 1 spiro atoms. The number of hydrogen-bond acceptors (Lipinski definition) is 3. The molecule has 1 saturated heterocycles. The standard InChI is InChI=1S/C14H19NO3/c1-11-2-3-13(16)15(10-11)12-4-6-14(7-5-12)17-8-9-18-14/h2-3,10,12H,4-9H2,1H3. The molecule has 2 heterocycles. The van der Waals surface area contributed by atoms with Crippen LogP contribution < -0.4 is 5.56 Å². The molecule has 2 fully saturated rings. The van der Waals surface area contributed by atoms with E-state index in [9.17, 15) is 4.79 Å². The Morgan fingerprint density at radius 3 is 2.56 bits per heavy atom. The Bertz CT molecular complexity index is 478. The maximum absolute atomic E-state index is 11.9. The largest absolute Gasteiger partial charge is 0.348 e. The van der Waals surface area contributed by atoms with Crippen molar-refractivity contribution in [1.29, 1.82) is 0 Å². The predicted octanol–water partition coefficient (Wildman–Crippen LogP) is 2.01. The van der Waals surface area contributed by atoms with Gasteiger partial charge in [-0.05, 0) is 25.3 Å². The summed E-state index contributed by atoms with van der Waals surface area (Å²) in [6, 6.07) is 3.81. The highest BCUT2D eigenvalue weighted by Crippen LogP contribution is 2.39. The first-order valence-corrected chi connectivity index (χ1v) is 6.65. The molecule has 1 aliphatic heterocycles. The van der Waals surface area contributed by atoms with Crippen LogP contribution in [0.3, 0.4) is 0 Å². The van der Waals surface area contributed by atoms with E-state index < -0.39 is 0 Å². The second kappa shape index (κ2) is 4.52. The molecule has 4 nitrogen and oxygen atoms in total. The summed E-state index contributed by atoms with van der Waals surface area (Å²) in [7, 11) is 0. The van der Waals surface area contributed by atoms with Crippen LogP contribution >= 0.6 is 0 Å². The summed E-state index contributed by atoms with van der Waals surface area (Å²) in [4.78, 5) is 11.9. The van der Waals surface area contributed by atoms with Gasteiger partial charge in [0.25, 0.3) is 5.56 Å². The lowest BCUT2D eigenvalue weighted by Gasteiger charge is -2.36. The molecule has 1 aliphatic carbocycles. The van der Waals surface area contributed by atoms with Crippen molar-refractivity contribution in [2.45, 2.75) is 44.4 Å². The third-order valence-corrected chi connectivity index (χ3v) is 4.01. The highest BCUT2D eigenvalue weighted by molar-refractivity contribution is 5.08. The molecule has 0 radical (unpaired) electrons. The van der Waals surface area contributed by atoms with E-state index in [1.807, 2.05) is 23.8 Å². The van der Waals surface area contributed by atoms with Crippen molar-refractivity contribution in [2.24, 2.45) is 0 Å². The van der Waals surface area contributed by atoms with E-state index in [2.05, 4.69) is 0 Å². The Kier molecular flexibility index (Phi) is 2.99. The molecule has 4 heteroatoms. The molecular formula is C14H19NO3. The van der Waals surface area contributed by atoms with Crippen molar-refractivity contribution in [3.05, 3.63) is 34.2 Å². The highest BCUT2D eigenvalue weighted by Gasteiger charge is 2.40. The molecule has 18 heavy (non-hydrogen) atoms. The first-order chi connectivity index (χ1) is 8.69. The van der Waals surface area contributed by atoms with Gasteiger partial charge in [-0.25, -0.2) is 0 Å². The summed E-state index contributed by atoms with van der Waals surface area (Å²) >= 11 is 0. The van der Waals surface area contributed by atoms with Crippen LogP contribution in [-0.2, 0) is 9.47 Å². The van der Waals surface area contributed by atoms with Gasteiger partial charge in [0.2, 0.25) is 0 Å². The molecule has 0 amide bonds. The van der Waals surface area contributed by atoms with Crippen molar-refractivity contribution < 1.29 is 9.47 Å². The number of hydrogen-bond donors (Lipinski definition) is 0. The molecule has 1 saturated carbocycles. The van der Waals surface area contributed by atoms with Crippen molar-refractivity contribution in [3.8, 4) is 0 Å². The van der Waals surface area contributed by atoms with Crippen LogP contribution in [0.5, 0.6) is 0 Å². The summed E-state index contributed by atoms with van der Waals surface area (Å²) in [5.74, 6) is -0.343. The number of pyridine rings is 1. The topological polar surface area (TPSA) is 40.5 Å². The van der Waals surface area contributed by atoms with Crippen LogP contribution in [0.4, 0.5) is 0 Å². The number of nitrogens with zero attached hydrogens (tertiary/aromatic N) is 1. The van der Waals surface area contributed by atoms with E-state index in [-0.39, 0.29) is 17.4 Å². The van der Waals surface area contributed by atoms with Crippen LogP contribution in [0.15, 0.2) is 23.1 Å². The molecule has 0 N–H and O–H groups in total. The summed E-state index contributed by atoms with van der Waals surface area (Å²) in [5.41, 5.74) is 1.22.